The molecule has 14 heteroatoms. The number of aliphatic hydroxyl groups is 1. The normalized spacial score (nSPS) is 19.7. The lowest BCUT2D eigenvalue weighted by Crippen LogP contribution is -2.44. The van der Waals surface area contributed by atoms with E-state index in [1.807, 2.05) is 0 Å². The van der Waals surface area contributed by atoms with Crippen LogP contribution in [0.5, 0.6) is 0 Å². The van der Waals surface area contributed by atoms with E-state index in [0.717, 1.165) is 12.1 Å². The van der Waals surface area contributed by atoms with Crippen LogP contribution in [-0.4, -0.2) is 52.8 Å². The molecule has 0 bridgehead atoms. The zero-order chi connectivity index (χ0) is 25.6. The van der Waals surface area contributed by atoms with Gasteiger partial charge in [-0.1, -0.05) is 0 Å². The monoisotopic (exact) mass is 535 g/mol. The molecule has 3 heterocycles. The summed E-state index contributed by atoms with van der Waals surface area (Å²) < 4.78 is 72.9. The summed E-state index contributed by atoms with van der Waals surface area (Å²) in [6, 6.07) is 2.75. The van der Waals surface area contributed by atoms with E-state index in [0.29, 0.717) is 37.3 Å². The third-order valence-electron chi connectivity index (χ3n) is 6.15. The van der Waals surface area contributed by atoms with Gasteiger partial charge in [-0.3, -0.25) is 0 Å². The summed E-state index contributed by atoms with van der Waals surface area (Å²) in [6.07, 6.45) is -3.64. The van der Waals surface area contributed by atoms with Crippen molar-refractivity contribution in [3.8, 4) is 0 Å². The van der Waals surface area contributed by atoms with Gasteiger partial charge in [0.15, 0.2) is 5.72 Å². The van der Waals surface area contributed by atoms with Crippen LogP contribution >= 0.6 is 11.6 Å². The number of nitrogen functional groups attached to an aromatic ring is 1. The van der Waals surface area contributed by atoms with Crippen molar-refractivity contribution in [2.75, 3.05) is 30.8 Å². The number of rotatable bonds is 5. The molecule has 35 heavy (non-hydrogen) atoms. The van der Waals surface area contributed by atoms with Gasteiger partial charge in [-0.05, 0) is 49.6 Å². The Bertz CT molecular complexity index is 1220. The van der Waals surface area contributed by atoms with Gasteiger partial charge in [0.2, 0.25) is 15.3 Å². The Morgan fingerprint density at radius 3 is 2.51 bits per heavy atom. The maximum atomic E-state index is 13.3. The Labute approximate surface area is 205 Å². The molecule has 0 saturated carbocycles. The van der Waals surface area contributed by atoms with E-state index in [9.17, 15) is 26.7 Å². The first-order valence-electron chi connectivity index (χ1n) is 10.9. The second-order valence-corrected chi connectivity index (χ2v) is 11.3. The molecule has 2 aliphatic rings. The van der Waals surface area contributed by atoms with Crippen molar-refractivity contribution in [1.29, 1.82) is 0 Å². The molecule has 1 fully saturated rings. The molecular formula is C21H25ClF3N5O4S. The number of anilines is 2. The van der Waals surface area contributed by atoms with Crippen molar-refractivity contribution in [1.82, 2.24) is 14.3 Å². The van der Waals surface area contributed by atoms with Gasteiger partial charge in [0.05, 0.1) is 16.5 Å². The Balaban J connectivity index is 1.66. The molecule has 0 amide bonds. The van der Waals surface area contributed by atoms with Gasteiger partial charge in [-0.25, -0.2) is 18.4 Å². The van der Waals surface area contributed by atoms with Crippen LogP contribution in [-0.2, 0) is 39.6 Å². The van der Waals surface area contributed by atoms with E-state index < -0.39 is 32.7 Å². The first-order valence-corrected chi connectivity index (χ1v) is 12.8. The van der Waals surface area contributed by atoms with Crippen LogP contribution in [0.15, 0.2) is 18.2 Å². The molecule has 1 aromatic heterocycles. The molecule has 1 atom stereocenters. The number of fused-ring (bicyclic) bond motifs is 1. The van der Waals surface area contributed by atoms with Gasteiger partial charge in [-0.2, -0.15) is 17.5 Å². The summed E-state index contributed by atoms with van der Waals surface area (Å²) in [5.74, 6) is 0.0212. The Hall–Kier alpha value is -2.19. The van der Waals surface area contributed by atoms with Crippen molar-refractivity contribution in [3.05, 3.63) is 45.9 Å². The number of alkyl halides is 3. The van der Waals surface area contributed by atoms with E-state index in [1.54, 1.807) is 0 Å². The minimum absolute atomic E-state index is 0.0212. The minimum atomic E-state index is -4.67. The molecule has 2 aliphatic heterocycles. The number of ether oxygens (including phenoxy) is 1. The molecule has 0 spiro atoms. The fourth-order valence-electron chi connectivity index (χ4n) is 4.26. The molecule has 0 aliphatic carbocycles. The number of hydrogen-bond donors (Lipinski definition) is 3. The molecule has 0 unspecified atom stereocenters. The van der Waals surface area contributed by atoms with Crippen LogP contribution < -0.4 is 11.1 Å². The zero-order valence-electron chi connectivity index (χ0n) is 18.8. The van der Waals surface area contributed by atoms with Crippen LogP contribution in [0.25, 0.3) is 0 Å². The molecule has 192 valence electrons. The van der Waals surface area contributed by atoms with E-state index in [1.165, 1.54) is 17.3 Å². The van der Waals surface area contributed by atoms with Gasteiger partial charge >= 0.3 is 6.18 Å². The molecule has 1 saturated heterocycles. The number of hydrogen-bond acceptors (Lipinski definition) is 8. The van der Waals surface area contributed by atoms with Crippen LogP contribution in [0.1, 0.15) is 42.1 Å². The maximum Gasteiger partial charge on any atom is 0.416 e. The number of nitrogens with one attached hydrogen (secondary N) is 1. The Morgan fingerprint density at radius 2 is 1.86 bits per heavy atom. The average molecular weight is 536 g/mol. The van der Waals surface area contributed by atoms with E-state index >= 15 is 0 Å². The van der Waals surface area contributed by atoms with Crippen molar-refractivity contribution in [2.24, 2.45) is 0 Å². The standard InChI is InChI=1S/C21H25ClF3N5O4S/c1-20(31,12-8-13(21(23,24)25)10-14(26)9-12)29-18-16-11-30(5-2-17(16)27-19(22)28-18)35(32,33)15-3-6-34-7-4-15/h8-10,15,31H,2-7,11,26H2,1H3,(H,27,28,29)/t20-/m1/s1. The fraction of sp³-hybridized carbons (Fsp3) is 0.524. The summed E-state index contributed by atoms with van der Waals surface area (Å²) in [6.45, 7) is 2.09. The average Bonchev–Trinajstić information content (AvgIpc) is 2.78. The number of nitrogens with two attached hydrogens (primary N) is 1. The lowest BCUT2D eigenvalue weighted by atomic mass is 9.99. The number of nitrogens with zero attached hydrogens (tertiary/aromatic N) is 3. The third-order valence-corrected chi connectivity index (χ3v) is 8.67. The van der Waals surface area contributed by atoms with Crippen molar-refractivity contribution in [2.45, 2.75) is 49.9 Å². The largest absolute Gasteiger partial charge is 0.416 e. The topological polar surface area (TPSA) is 131 Å². The molecular weight excluding hydrogens is 511 g/mol. The molecule has 4 rings (SSSR count). The van der Waals surface area contributed by atoms with Gasteiger partial charge in [-0.15, -0.1) is 0 Å². The highest BCUT2D eigenvalue weighted by molar-refractivity contribution is 7.89. The molecule has 2 aromatic rings. The summed E-state index contributed by atoms with van der Waals surface area (Å²) in [7, 11) is -3.65. The third kappa shape index (κ3) is 5.48. The van der Waals surface area contributed by atoms with E-state index in [-0.39, 0.29) is 41.9 Å². The summed E-state index contributed by atoms with van der Waals surface area (Å²) in [4.78, 5) is 8.30. The van der Waals surface area contributed by atoms with Gasteiger partial charge in [0.1, 0.15) is 5.82 Å². The van der Waals surface area contributed by atoms with Crippen LogP contribution in [0.2, 0.25) is 5.28 Å². The number of benzene rings is 1. The first-order chi connectivity index (χ1) is 16.3. The zero-order valence-corrected chi connectivity index (χ0v) is 20.3. The number of sulfonamides is 1. The summed E-state index contributed by atoms with van der Waals surface area (Å²) >= 11 is 6.06. The predicted molar refractivity (Wildman–Crippen MR) is 123 cm³/mol. The van der Waals surface area contributed by atoms with Crippen molar-refractivity contribution >= 4 is 33.1 Å². The van der Waals surface area contributed by atoms with Gasteiger partial charge in [0.25, 0.3) is 0 Å². The van der Waals surface area contributed by atoms with Crippen LogP contribution in [0.3, 0.4) is 0 Å². The quantitative estimate of drug-likeness (QED) is 0.303. The Kier molecular flexibility index (Phi) is 6.92. The second-order valence-electron chi connectivity index (χ2n) is 8.75. The van der Waals surface area contributed by atoms with E-state index in [2.05, 4.69) is 15.3 Å². The highest BCUT2D eigenvalue weighted by Gasteiger charge is 2.38. The highest BCUT2D eigenvalue weighted by atomic mass is 35.5. The van der Waals surface area contributed by atoms with Crippen molar-refractivity contribution < 1.29 is 31.4 Å². The van der Waals surface area contributed by atoms with E-state index in [4.69, 9.17) is 22.1 Å². The van der Waals surface area contributed by atoms with Crippen molar-refractivity contribution in [3.63, 3.8) is 0 Å². The molecule has 4 N–H and O–H groups in total. The number of halogens is 4. The first kappa shape index (κ1) is 25.9. The second kappa shape index (κ2) is 9.36. The summed E-state index contributed by atoms with van der Waals surface area (Å²) in [5.41, 5.74) is 3.11. The SMILES string of the molecule is C[C@](O)(Nc1nc(Cl)nc2c1CN(S(=O)(=O)C1CCOCC1)CC2)c1cc(N)cc(C(F)(F)F)c1. The van der Waals surface area contributed by atoms with Crippen LogP contribution in [0, 0.1) is 0 Å². The lowest BCUT2D eigenvalue weighted by molar-refractivity contribution is -0.137. The molecule has 9 nitrogen and oxygen atoms in total. The molecule has 1 aromatic carbocycles. The van der Waals surface area contributed by atoms with Gasteiger partial charge < -0.3 is 20.9 Å². The minimum Gasteiger partial charge on any atom is -0.399 e. The lowest BCUT2D eigenvalue weighted by Gasteiger charge is -2.34. The number of aromatic nitrogens is 2. The predicted octanol–water partition coefficient (Wildman–Crippen LogP) is 2.88. The van der Waals surface area contributed by atoms with Crippen LogP contribution in [0.4, 0.5) is 24.7 Å². The fourth-order valence-corrected chi connectivity index (χ4v) is 6.31. The highest BCUT2D eigenvalue weighted by Crippen LogP contribution is 2.36. The Morgan fingerprint density at radius 1 is 1.20 bits per heavy atom. The van der Waals surface area contributed by atoms with Gasteiger partial charge in [0, 0.05) is 49.5 Å². The maximum absolute atomic E-state index is 13.3. The summed E-state index contributed by atoms with van der Waals surface area (Å²) in [5, 5.41) is 13.1. The smallest absolute Gasteiger partial charge is 0.399 e. The molecule has 0 radical (unpaired) electrons.